The number of ether oxygens (including phenoxy) is 2. The number of amides is 2. The van der Waals surface area contributed by atoms with Crippen molar-refractivity contribution in [1.82, 2.24) is 5.32 Å². The van der Waals surface area contributed by atoms with E-state index in [9.17, 15) is 9.59 Å². The average molecular weight is 382 g/mol. The van der Waals surface area contributed by atoms with Crippen LogP contribution in [-0.2, 0) is 14.3 Å². The topological polar surface area (TPSA) is 114 Å². The lowest BCUT2D eigenvalue weighted by atomic mass is 10.1. The minimum Gasteiger partial charge on any atom is -0.483 e. The molecule has 0 aliphatic heterocycles. The first-order valence-electron chi connectivity index (χ1n) is 6.57. The highest BCUT2D eigenvalue weighted by atomic mass is 79.9. The highest BCUT2D eigenvalue weighted by Gasteiger charge is 2.09. The Morgan fingerprint density at radius 3 is 2.78 bits per heavy atom. The Morgan fingerprint density at radius 2 is 2.22 bits per heavy atom. The molecule has 0 bridgehead atoms. The van der Waals surface area contributed by atoms with E-state index in [-0.39, 0.29) is 12.2 Å². The third-order valence-corrected chi connectivity index (χ3v) is 3.21. The molecule has 2 amide bonds. The Labute approximate surface area is 142 Å². The molecule has 0 saturated carbocycles. The number of methoxy groups -OCH3 is 1. The van der Waals surface area contributed by atoms with Gasteiger partial charge in [0.25, 0.3) is 11.8 Å². The first-order valence-corrected chi connectivity index (χ1v) is 7.36. The van der Waals surface area contributed by atoms with Gasteiger partial charge in [-0.25, -0.2) is 0 Å². The molecule has 0 unspecified atom stereocenters. The molecule has 0 aliphatic carbocycles. The summed E-state index contributed by atoms with van der Waals surface area (Å²) >= 11 is 3.29. The van der Waals surface area contributed by atoms with Gasteiger partial charge in [0.1, 0.15) is 17.4 Å². The molecule has 0 spiro atoms. The van der Waals surface area contributed by atoms with Gasteiger partial charge in [0, 0.05) is 13.7 Å². The summed E-state index contributed by atoms with van der Waals surface area (Å²) < 4.78 is 10.6. The zero-order chi connectivity index (χ0) is 17.2. The van der Waals surface area contributed by atoms with Gasteiger partial charge < -0.3 is 20.5 Å². The lowest BCUT2D eigenvalue weighted by Crippen LogP contribution is -2.27. The number of nitrogens with zero attached hydrogens (tertiary/aromatic N) is 1. The molecule has 0 aliphatic rings. The smallest absolute Gasteiger partial charge is 0.262 e. The first-order chi connectivity index (χ1) is 11.0. The zero-order valence-corrected chi connectivity index (χ0v) is 14.1. The fraction of sp³-hybridized carbons (Fsp3) is 0.267. The Morgan fingerprint density at radius 1 is 1.48 bits per heavy atom. The van der Waals surface area contributed by atoms with Crippen molar-refractivity contribution >= 4 is 33.8 Å². The molecule has 1 aromatic rings. The second-order valence-electron chi connectivity index (χ2n) is 4.36. The summed E-state index contributed by atoms with van der Waals surface area (Å²) in [6, 6.07) is 6.78. The van der Waals surface area contributed by atoms with Crippen molar-refractivity contribution in [1.29, 1.82) is 5.26 Å². The van der Waals surface area contributed by atoms with Gasteiger partial charge in [0.05, 0.1) is 11.1 Å². The summed E-state index contributed by atoms with van der Waals surface area (Å²) in [5.41, 5.74) is 5.61. The van der Waals surface area contributed by atoms with E-state index in [0.29, 0.717) is 28.9 Å². The third kappa shape index (κ3) is 6.50. The number of benzene rings is 1. The second-order valence-corrected chi connectivity index (χ2v) is 5.22. The van der Waals surface area contributed by atoms with Crippen molar-refractivity contribution in [3.63, 3.8) is 0 Å². The lowest BCUT2D eigenvalue weighted by Gasteiger charge is -2.07. The Hall–Kier alpha value is -2.37. The van der Waals surface area contributed by atoms with E-state index >= 15 is 0 Å². The molecule has 0 saturated heterocycles. The quantitative estimate of drug-likeness (QED) is 0.395. The van der Waals surface area contributed by atoms with Gasteiger partial charge in [0.2, 0.25) is 0 Å². The Bertz CT molecular complexity index is 653. The average Bonchev–Trinajstić information content (AvgIpc) is 2.51. The zero-order valence-electron chi connectivity index (χ0n) is 12.5. The van der Waals surface area contributed by atoms with Gasteiger partial charge in [-0.1, -0.05) is 6.07 Å². The van der Waals surface area contributed by atoms with Gasteiger partial charge in [-0.2, -0.15) is 5.26 Å². The van der Waals surface area contributed by atoms with Crippen LogP contribution in [0.15, 0.2) is 28.2 Å². The minimum atomic E-state index is -0.583. The van der Waals surface area contributed by atoms with Crippen LogP contribution in [0.2, 0.25) is 0 Å². The summed E-state index contributed by atoms with van der Waals surface area (Å²) in [5.74, 6) is -0.626. The molecule has 0 heterocycles. The molecule has 1 aromatic carbocycles. The summed E-state index contributed by atoms with van der Waals surface area (Å²) in [5, 5.41) is 11.7. The van der Waals surface area contributed by atoms with Crippen LogP contribution in [0, 0.1) is 11.3 Å². The molecule has 0 atom stereocenters. The number of halogens is 1. The minimum absolute atomic E-state index is 0.0289. The Kier molecular flexibility index (Phi) is 7.80. The van der Waals surface area contributed by atoms with Crippen LogP contribution in [0.25, 0.3) is 6.08 Å². The summed E-state index contributed by atoms with van der Waals surface area (Å²) in [6.07, 6.45) is 1.45. The predicted molar refractivity (Wildman–Crippen MR) is 87.3 cm³/mol. The van der Waals surface area contributed by atoms with Crippen LogP contribution in [0.3, 0.4) is 0 Å². The molecule has 7 nitrogen and oxygen atoms in total. The molecule has 0 fully saturated rings. The van der Waals surface area contributed by atoms with E-state index < -0.39 is 11.8 Å². The normalized spacial score (nSPS) is 10.7. The van der Waals surface area contributed by atoms with E-state index in [1.54, 1.807) is 18.2 Å². The van der Waals surface area contributed by atoms with Crippen LogP contribution in [0.4, 0.5) is 0 Å². The van der Waals surface area contributed by atoms with Crippen LogP contribution >= 0.6 is 15.9 Å². The lowest BCUT2D eigenvalue weighted by molar-refractivity contribution is -0.120. The second kappa shape index (κ2) is 9.61. The maximum absolute atomic E-state index is 11.8. The van der Waals surface area contributed by atoms with Crippen LogP contribution in [-0.4, -0.2) is 38.7 Å². The van der Waals surface area contributed by atoms with Crippen LogP contribution in [0.1, 0.15) is 5.56 Å². The number of nitrogens with two attached hydrogens (primary N) is 1. The van der Waals surface area contributed by atoms with Crippen molar-refractivity contribution in [2.45, 2.75) is 0 Å². The highest BCUT2D eigenvalue weighted by Crippen LogP contribution is 2.26. The maximum atomic E-state index is 11.8. The van der Waals surface area contributed by atoms with Crippen molar-refractivity contribution < 1.29 is 19.1 Å². The molecule has 23 heavy (non-hydrogen) atoms. The van der Waals surface area contributed by atoms with E-state index in [1.807, 2.05) is 6.07 Å². The predicted octanol–water partition coefficient (Wildman–Crippen LogP) is 0.983. The summed E-state index contributed by atoms with van der Waals surface area (Å²) in [7, 11) is 1.52. The monoisotopic (exact) mass is 381 g/mol. The SMILES string of the molecule is COCCNC(=O)/C(C#N)=C/c1ccc(OCC(N)=O)c(Br)c1. The number of hydrogen-bond donors (Lipinski definition) is 2. The van der Waals surface area contributed by atoms with Crippen molar-refractivity contribution in [2.24, 2.45) is 5.73 Å². The molecule has 0 radical (unpaired) electrons. The fourth-order valence-electron chi connectivity index (χ4n) is 1.55. The summed E-state index contributed by atoms with van der Waals surface area (Å²) in [6.45, 7) is 0.443. The van der Waals surface area contributed by atoms with Gasteiger partial charge in [-0.3, -0.25) is 9.59 Å². The number of primary amides is 1. The maximum Gasteiger partial charge on any atom is 0.262 e. The fourth-order valence-corrected chi connectivity index (χ4v) is 2.06. The molecule has 122 valence electrons. The van der Waals surface area contributed by atoms with E-state index in [2.05, 4.69) is 21.2 Å². The van der Waals surface area contributed by atoms with E-state index in [0.717, 1.165) is 0 Å². The van der Waals surface area contributed by atoms with Crippen molar-refractivity contribution in [2.75, 3.05) is 26.9 Å². The first kappa shape index (κ1) is 18.7. The molecular formula is C15H16BrN3O4. The number of hydrogen-bond acceptors (Lipinski definition) is 5. The van der Waals surface area contributed by atoms with E-state index in [4.69, 9.17) is 20.5 Å². The van der Waals surface area contributed by atoms with Crippen molar-refractivity contribution in [3.8, 4) is 11.8 Å². The van der Waals surface area contributed by atoms with Gasteiger partial charge in [-0.05, 0) is 39.7 Å². The number of rotatable bonds is 8. The molecule has 0 aromatic heterocycles. The van der Waals surface area contributed by atoms with E-state index in [1.165, 1.54) is 13.2 Å². The molecule has 1 rings (SSSR count). The summed E-state index contributed by atoms with van der Waals surface area (Å²) in [4.78, 5) is 22.5. The van der Waals surface area contributed by atoms with Gasteiger partial charge in [-0.15, -0.1) is 0 Å². The third-order valence-electron chi connectivity index (χ3n) is 2.59. The number of nitriles is 1. The van der Waals surface area contributed by atoms with Gasteiger partial charge >= 0.3 is 0 Å². The van der Waals surface area contributed by atoms with Gasteiger partial charge in [0.15, 0.2) is 6.61 Å². The number of carbonyl (C=O) groups excluding carboxylic acids is 2. The van der Waals surface area contributed by atoms with Crippen LogP contribution in [0.5, 0.6) is 5.75 Å². The van der Waals surface area contributed by atoms with Crippen molar-refractivity contribution in [3.05, 3.63) is 33.8 Å². The highest BCUT2D eigenvalue weighted by molar-refractivity contribution is 9.10. The Balaban J connectivity index is 2.84. The molecule has 8 heteroatoms. The molecule has 3 N–H and O–H groups in total. The number of nitrogens with one attached hydrogen (secondary N) is 1. The molecular weight excluding hydrogens is 366 g/mol. The van der Waals surface area contributed by atoms with Crippen LogP contribution < -0.4 is 15.8 Å². The largest absolute Gasteiger partial charge is 0.483 e. The standard InChI is InChI=1S/C15H16BrN3O4/c1-22-5-4-19-15(21)11(8-17)6-10-2-3-13(12(16)7-10)23-9-14(18)20/h2-3,6-7H,4-5,9H2,1H3,(H2,18,20)(H,19,21)/b11-6+. The number of carbonyl (C=O) groups is 2.